The van der Waals surface area contributed by atoms with Crippen LogP contribution in [0.2, 0.25) is 0 Å². The third kappa shape index (κ3) is 6.95. The fourth-order valence-electron chi connectivity index (χ4n) is 2.93. The number of ether oxygens (including phenoxy) is 2. The van der Waals surface area contributed by atoms with E-state index in [0.717, 1.165) is 17.1 Å². The molecular formula is C22H23O6P. The summed E-state index contributed by atoms with van der Waals surface area (Å²) >= 11 is 0. The van der Waals surface area contributed by atoms with Crippen molar-refractivity contribution in [3.8, 4) is 17.2 Å². The van der Waals surface area contributed by atoms with Crippen LogP contribution in [0, 0.1) is 0 Å². The van der Waals surface area contributed by atoms with Crippen LogP contribution in [0.1, 0.15) is 11.1 Å². The van der Waals surface area contributed by atoms with Gasteiger partial charge in [-0.05, 0) is 35.9 Å². The molecule has 0 aliphatic rings. The predicted molar refractivity (Wildman–Crippen MR) is 110 cm³/mol. The van der Waals surface area contributed by atoms with Crippen LogP contribution >= 0.6 is 7.82 Å². The van der Waals surface area contributed by atoms with Gasteiger partial charge in [-0.15, -0.1) is 0 Å². The van der Waals surface area contributed by atoms with E-state index >= 15 is 0 Å². The summed E-state index contributed by atoms with van der Waals surface area (Å²) in [6.45, 7) is 0.772. The second kappa shape index (κ2) is 10.1. The monoisotopic (exact) mass is 414 g/mol. The number of hydrogen-bond acceptors (Lipinski definition) is 4. The van der Waals surface area contributed by atoms with E-state index in [9.17, 15) is 14.4 Å². The van der Waals surface area contributed by atoms with Gasteiger partial charge in [0.15, 0.2) is 0 Å². The van der Waals surface area contributed by atoms with Crippen molar-refractivity contribution >= 4 is 7.82 Å². The molecule has 3 aromatic carbocycles. The lowest BCUT2D eigenvalue weighted by atomic mass is 10.0. The molecule has 0 aromatic heterocycles. The number of phosphoric acid groups is 1. The number of para-hydroxylation sites is 2. The van der Waals surface area contributed by atoms with Crippen molar-refractivity contribution < 1.29 is 28.3 Å². The van der Waals surface area contributed by atoms with Crippen molar-refractivity contribution in [2.24, 2.45) is 0 Å². The van der Waals surface area contributed by atoms with Gasteiger partial charge in [-0.2, -0.15) is 0 Å². The Balaban J connectivity index is 1.71. The number of rotatable bonds is 10. The second-order valence-electron chi connectivity index (χ2n) is 6.30. The first kappa shape index (κ1) is 20.9. The molecule has 6 nitrogen and oxygen atoms in total. The van der Waals surface area contributed by atoms with E-state index in [-0.39, 0.29) is 5.75 Å². The molecule has 152 valence electrons. The van der Waals surface area contributed by atoms with Crippen molar-refractivity contribution in [3.63, 3.8) is 0 Å². The highest BCUT2D eigenvalue weighted by atomic mass is 31.2. The minimum atomic E-state index is -4.67. The normalized spacial score (nSPS) is 11.1. The van der Waals surface area contributed by atoms with Crippen LogP contribution < -0.4 is 14.0 Å². The Morgan fingerprint density at radius 1 is 0.690 bits per heavy atom. The van der Waals surface area contributed by atoms with Crippen LogP contribution in [-0.4, -0.2) is 23.0 Å². The van der Waals surface area contributed by atoms with Gasteiger partial charge in [0.25, 0.3) is 0 Å². The molecule has 0 heterocycles. The maximum Gasteiger partial charge on any atom is 0.524 e. The smallest absolute Gasteiger partial charge is 0.493 e. The highest BCUT2D eigenvalue weighted by Crippen LogP contribution is 2.40. The molecule has 0 radical (unpaired) electrons. The van der Waals surface area contributed by atoms with Gasteiger partial charge >= 0.3 is 7.82 Å². The van der Waals surface area contributed by atoms with Gasteiger partial charge in [0.05, 0.1) is 13.2 Å². The van der Waals surface area contributed by atoms with Gasteiger partial charge in [-0.3, -0.25) is 9.79 Å². The quantitative estimate of drug-likeness (QED) is 0.479. The van der Waals surface area contributed by atoms with Crippen molar-refractivity contribution in [1.29, 1.82) is 0 Å². The minimum Gasteiger partial charge on any atom is -0.493 e. The Kier molecular flexibility index (Phi) is 7.30. The maximum atomic E-state index is 11.4. The molecular weight excluding hydrogens is 391 g/mol. The van der Waals surface area contributed by atoms with Gasteiger partial charge < -0.3 is 14.0 Å². The molecule has 0 amide bonds. The topological polar surface area (TPSA) is 85.2 Å². The van der Waals surface area contributed by atoms with Gasteiger partial charge in [0.2, 0.25) is 0 Å². The molecule has 0 fully saturated rings. The Morgan fingerprint density at radius 2 is 1.24 bits per heavy atom. The van der Waals surface area contributed by atoms with Crippen LogP contribution in [0.15, 0.2) is 78.9 Å². The van der Waals surface area contributed by atoms with Crippen LogP contribution in [0.3, 0.4) is 0 Å². The molecule has 0 saturated heterocycles. The fraction of sp³-hybridized carbons (Fsp3) is 0.182. The summed E-state index contributed by atoms with van der Waals surface area (Å²) in [7, 11) is -4.67. The zero-order valence-electron chi connectivity index (χ0n) is 15.8. The number of hydrogen-bond donors (Lipinski definition) is 2. The van der Waals surface area contributed by atoms with E-state index < -0.39 is 7.82 Å². The van der Waals surface area contributed by atoms with Crippen molar-refractivity contribution in [3.05, 3.63) is 90.0 Å². The van der Waals surface area contributed by atoms with Crippen LogP contribution in [0.25, 0.3) is 0 Å². The summed E-state index contributed by atoms with van der Waals surface area (Å²) in [6.07, 6.45) is 1.000. The molecule has 0 bridgehead atoms. The molecule has 29 heavy (non-hydrogen) atoms. The van der Waals surface area contributed by atoms with Gasteiger partial charge in [-0.1, -0.05) is 48.5 Å². The van der Waals surface area contributed by atoms with Crippen LogP contribution in [0.4, 0.5) is 0 Å². The first-order valence-corrected chi connectivity index (χ1v) is 10.8. The standard InChI is InChI=1S/C22H23O6P/c23-29(24,25)28-22-13-7-8-18(14-16-26-19-9-3-1-4-10-19)21(22)15-17-27-20-11-5-2-6-12-20/h1-13H,14-17H2,(H2,23,24,25). The lowest BCUT2D eigenvalue weighted by Crippen LogP contribution is -2.09. The molecule has 0 saturated carbocycles. The highest BCUT2D eigenvalue weighted by molar-refractivity contribution is 7.46. The van der Waals surface area contributed by atoms with E-state index in [1.165, 1.54) is 0 Å². The van der Waals surface area contributed by atoms with E-state index in [0.29, 0.717) is 31.6 Å². The zero-order valence-corrected chi connectivity index (χ0v) is 16.7. The summed E-state index contributed by atoms with van der Waals surface area (Å²) in [5.41, 5.74) is 1.59. The summed E-state index contributed by atoms with van der Waals surface area (Å²) in [4.78, 5) is 18.5. The van der Waals surface area contributed by atoms with Crippen LogP contribution in [-0.2, 0) is 17.4 Å². The average molecular weight is 414 g/mol. The summed E-state index contributed by atoms with van der Waals surface area (Å²) < 4.78 is 27.8. The SMILES string of the molecule is O=P(O)(O)Oc1cccc(CCOc2ccccc2)c1CCOc1ccccc1. The average Bonchev–Trinajstić information content (AvgIpc) is 2.70. The number of benzene rings is 3. The molecule has 2 N–H and O–H groups in total. The Labute approximate surface area is 169 Å². The first-order valence-electron chi connectivity index (χ1n) is 9.23. The van der Waals surface area contributed by atoms with Gasteiger partial charge in [-0.25, -0.2) is 4.57 Å². The van der Waals surface area contributed by atoms with Crippen molar-refractivity contribution in [2.75, 3.05) is 13.2 Å². The van der Waals surface area contributed by atoms with E-state index in [2.05, 4.69) is 0 Å². The summed E-state index contributed by atoms with van der Waals surface area (Å²) in [5, 5.41) is 0. The lowest BCUT2D eigenvalue weighted by molar-refractivity contribution is 0.279. The Morgan fingerprint density at radius 3 is 1.79 bits per heavy atom. The van der Waals surface area contributed by atoms with E-state index in [1.54, 1.807) is 12.1 Å². The Bertz CT molecular complexity index is 940. The molecule has 0 spiro atoms. The Hall–Kier alpha value is -2.79. The summed E-state index contributed by atoms with van der Waals surface area (Å²) in [6, 6.07) is 24.0. The third-order valence-electron chi connectivity index (χ3n) is 4.19. The minimum absolute atomic E-state index is 0.159. The molecule has 3 aromatic rings. The predicted octanol–water partition coefficient (Wildman–Crippen LogP) is 4.40. The van der Waals surface area contributed by atoms with Crippen molar-refractivity contribution in [1.82, 2.24) is 0 Å². The zero-order chi connectivity index (χ0) is 20.5. The van der Waals surface area contributed by atoms with Gasteiger partial charge in [0, 0.05) is 18.4 Å². The largest absolute Gasteiger partial charge is 0.524 e. The highest BCUT2D eigenvalue weighted by Gasteiger charge is 2.20. The first-order chi connectivity index (χ1) is 14.0. The van der Waals surface area contributed by atoms with Gasteiger partial charge in [0.1, 0.15) is 17.2 Å². The molecule has 0 unspecified atom stereocenters. The van der Waals surface area contributed by atoms with E-state index in [4.69, 9.17) is 14.0 Å². The maximum absolute atomic E-state index is 11.4. The second-order valence-corrected chi connectivity index (χ2v) is 7.46. The molecule has 3 rings (SSSR count). The van der Waals surface area contributed by atoms with E-state index in [1.807, 2.05) is 66.7 Å². The summed E-state index contributed by atoms with van der Waals surface area (Å²) in [5.74, 6) is 1.66. The van der Waals surface area contributed by atoms with Crippen LogP contribution in [0.5, 0.6) is 17.2 Å². The fourth-order valence-corrected chi connectivity index (χ4v) is 3.35. The number of phosphoric ester groups is 1. The third-order valence-corrected chi connectivity index (χ3v) is 4.63. The van der Waals surface area contributed by atoms with Crippen molar-refractivity contribution in [2.45, 2.75) is 12.8 Å². The lowest BCUT2D eigenvalue weighted by Gasteiger charge is -2.17. The molecule has 0 aliphatic heterocycles. The molecule has 7 heteroatoms. The molecule has 0 aliphatic carbocycles. The molecule has 0 atom stereocenters.